The molecule has 1 aliphatic rings. The molecule has 0 aromatic heterocycles. The van der Waals surface area contributed by atoms with Crippen LogP contribution >= 0.6 is 11.6 Å². The maximum absolute atomic E-state index is 5.94. The zero-order valence-electron chi connectivity index (χ0n) is 8.09. The van der Waals surface area contributed by atoms with Crippen LogP contribution in [0.3, 0.4) is 0 Å². The lowest BCUT2D eigenvalue weighted by Gasteiger charge is -2.09. The summed E-state index contributed by atoms with van der Waals surface area (Å²) in [5, 5.41) is 4.27. The molecule has 0 bridgehead atoms. The van der Waals surface area contributed by atoms with Gasteiger partial charge < -0.3 is 11.1 Å². The number of nitrogens with one attached hydrogen (secondary N) is 1. The van der Waals surface area contributed by atoms with E-state index >= 15 is 0 Å². The molecule has 1 aromatic rings. The van der Waals surface area contributed by atoms with Crippen LogP contribution in [0.4, 0.5) is 0 Å². The van der Waals surface area contributed by atoms with E-state index in [1.807, 2.05) is 6.07 Å². The molecule has 1 atom stereocenters. The van der Waals surface area contributed by atoms with Gasteiger partial charge in [-0.25, -0.2) is 0 Å². The summed E-state index contributed by atoms with van der Waals surface area (Å²) < 4.78 is 0. The molecule has 0 saturated heterocycles. The van der Waals surface area contributed by atoms with E-state index in [1.54, 1.807) is 0 Å². The molecular formula is C11H15ClN2. The number of nitrogens with two attached hydrogens (primary N) is 1. The van der Waals surface area contributed by atoms with Crippen LogP contribution in [0.1, 0.15) is 11.1 Å². The van der Waals surface area contributed by atoms with Gasteiger partial charge in [0.15, 0.2) is 0 Å². The molecule has 0 heterocycles. The van der Waals surface area contributed by atoms with Gasteiger partial charge in [-0.2, -0.15) is 0 Å². The van der Waals surface area contributed by atoms with Crippen LogP contribution in [0.25, 0.3) is 0 Å². The van der Waals surface area contributed by atoms with Crippen molar-refractivity contribution in [2.75, 3.05) is 13.1 Å². The third-order valence-corrected chi connectivity index (χ3v) is 2.91. The highest BCUT2D eigenvalue weighted by Crippen LogP contribution is 2.25. The van der Waals surface area contributed by atoms with E-state index in [2.05, 4.69) is 17.4 Å². The second-order valence-electron chi connectivity index (χ2n) is 3.76. The van der Waals surface area contributed by atoms with Crippen molar-refractivity contribution < 1.29 is 0 Å². The molecule has 2 rings (SSSR count). The quantitative estimate of drug-likeness (QED) is 0.791. The maximum Gasteiger partial charge on any atom is 0.0408 e. The summed E-state index contributed by atoms with van der Waals surface area (Å²) in [7, 11) is 0. The summed E-state index contributed by atoms with van der Waals surface area (Å²) in [4.78, 5) is 0. The fourth-order valence-corrected chi connectivity index (χ4v) is 2.21. The predicted molar refractivity (Wildman–Crippen MR) is 59.7 cm³/mol. The number of benzene rings is 1. The van der Waals surface area contributed by atoms with Crippen molar-refractivity contribution in [1.29, 1.82) is 0 Å². The molecule has 0 amide bonds. The van der Waals surface area contributed by atoms with Crippen molar-refractivity contribution in [1.82, 2.24) is 5.32 Å². The van der Waals surface area contributed by atoms with E-state index in [1.165, 1.54) is 11.1 Å². The zero-order valence-corrected chi connectivity index (χ0v) is 8.85. The van der Waals surface area contributed by atoms with E-state index in [-0.39, 0.29) is 0 Å². The van der Waals surface area contributed by atoms with Gasteiger partial charge in [0.2, 0.25) is 0 Å². The Hall–Kier alpha value is -0.570. The monoisotopic (exact) mass is 210 g/mol. The first-order valence-corrected chi connectivity index (χ1v) is 5.38. The van der Waals surface area contributed by atoms with Gasteiger partial charge in [-0.15, -0.1) is 0 Å². The summed E-state index contributed by atoms with van der Waals surface area (Å²) >= 11 is 5.94. The normalized spacial score (nSPS) is 19.7. The first-order chi connectivity index (χ1) is 6.79. The molecule has 0 fully saturated rings. The molecular weight excluding hydrogens is 196 g/mol. The van der Waals surface area contributed by atoms with Crippen molar-refractivity contribution in [2.24, 2.45) is 5.73 Å². The number of fused-ring (bicyclic) bond motifs is 1. The molecule has 76 valence electrons. The topological polar surface area (TPSA) is 38.0 Å². The average molecular weight is 211 g/mol. The standard InChI is InChI=1S/C11H15ClN2/c12-10-2-1-8-6-11(14-4-3-13)7-9(8)5-10/h1-2,5,11,14H,3-4,6-7,13H2. The summed E-state index contributed by atoms with van der Waals surface area (Å²) in [6.45, 7) is 1.60. The first kappa shape index (κ1) is 9.97. The average Bonchev–Trinajstić information content (AvgIpc) is 2.56. The Morgan fingerprint density at radius 2 is 2.14 bits per heavy atom. The fourth-order valence-electron chi connectivity index (χ4n) is 2.02. The minimum atomic E-state index is 0.548. The SMILES string of the molecule is NCCNC1Cc2ccc(Cl)cc2C1. The molecule has 0 saturated carbocycles. The van der Waals surface area contributed by atoms with Gasteiger partial charge in [-0.3, -0.25) is 0 Å². The van der Waals surface area contributed by atoms with Crippen LogP contribution in [0.5, 0.6) is 0 Å². The van der Waals surface area contributed by atoms with Crippen molar-refractivity contribution >= 4 is 11.6 Å². The highest BCUT2D eigenvalue weighted by molar-refractivity contribution is 6.30. The third kappa shape index (κ3) is 2.08. The minimum absolute atomic E-state index is 0.548. The van der Waals surface area contributed by atoms with Gasteiger partial charge in [0.1, 0.15) is 0 Å². The Morgan fingerprint density at radius 3 is 2.93 bits per heavy atom. The third-order valence-electron chi connectivity index (χ3n) is 2.68. The summed E-state index contributed by atoms with van der Waals surface area (Å²) in [6.07, 6.45) is 2.18. The van der Waals surface area contributed by atoms with E-state index in [0.717, 1.165) is 24.4 Å². The second kappa shape index (κ2) is 4.30. The van der Waals surface area contributed by atoms with E-state index in [9.17, 15) is 0 Å². The van der Waals surface area contributed by atoms with Gasteiger partial charge in [0.25, 0.3) is 0 Å². The van der Waals surface area contributed by atoms with Gasteiger partial charge in [-0.05, 0) is 36.1 Å². The Labute approximate surface area is 89.4 Å². The fraction of sp³-hybridized carbons (Fsp3) is 0.455. The summed E-state index contributed by atoms with van der Waals surface area (Å²) in [5.74, 6) is 0. The maximum atomic E-state index is 5.94. The number of halogens is 1. The molecule has 3 N–H and O–H groups in total. The van der Waals surface area contributed by atoms with Crippen molar-refractivity contribution in [2.45, 2.75) is 18.9 Å². The van der Waals surface area contributed by atoms with Crippen molar-refractivity contribution in [3.05, 3.63) is 34.3 Å². The van der Waals surface area contributed by atoms with Crippen LogP contribution in [-0.2, 0) is 12.8 Å². The Bertz CT molecular complexity index is 325. The summed E-state index contributed by atoms with van der Waals surface area (Å²) in [6, 6.07) is 6.71. The molecule has 14 heavy (non-hydrogen) atoms. The molecule has 0 aliphatic heterocycles. The van der Waals surface area contributed by atoms with E-state index in [0.29, 0.717) is 12.6 Å². The van der Waals surface area contributed by atoms with Crippen LogP contribution < -0.4 is 11.1 Å². The number of rotatable bonds is 3. The number of hydrogen-bond donors (Lipinski definition) is 2. The molecule has 0 radical (unpaired) electrons. The number of hydrogen-bond acceptors (Lipinski definition) is 2. The smallest absolute Gasteiger partial charge is 0.0408 e. The highest BCUT2D eigenvalue weighted by atomic mass is 35.5. The highest BCUT2D eigenvalue weighted by Gasteiger charge is 2.20. The Morgan fingerprint density at radius 1 is 1.36 bits per heavy atom. The lowest BCUT2D eigenvalue weighted by molar-refractivity contribution is 0.540. The molecule has 2 nitrogen and oxygen atoms in total. The zero-order chi connectivity index (χ0) is 9.97. The molecule has 1 aromatic carbocycles. The first-order valence-electron chi connectivity index (χ1n) is 5.00. The molecule has 0 spiro atoms. The molecule has 3 heteroatoms. The van der Waals surface area contributed by atoms with Gasteiger partial charge in [-0.1, -0.05) is 17.7 Å². The van der Waals surface area contributed by atoms with Gasteiger partial charge in [0, 0.05) is 24.2 Å². The van der Waals surface area contributed by atoms with E-state index in [4.69, 9.17) is 17.3 Å². The van der Waals surface area contributed by atoms with Crippen LogP contribution in [0.2, 0.25) is 5.02 Å². The van der Waals surface area contributed by atoms with Crippen molar-refractivity contribution in [3.8, 4) is 0 Å². The van der Waals surface area contributed by atoms with Gasteiger partial charge in [0.05, 0.1) is 0 Å². The molecule has 1 aliphatic carbocycles. The van der Waals surface area contributed by atoms with Gasteiger partial charge >= 0.3 is 0 Å². The van der Waals surface area contributed by atoms with Crippen molar-refractivity contribution in [3.63, 3.8) is 0 Å². The lowest BCUT2D eigenvalue weighted by atomic mass is 10.1. The minimum Gasteiger partial charge on any atom is -0.329 e. The van der Waals surface area contributed by atoms with Crippen LogP contribution in [-0.4, -0.2) is 19.1 Å². The second-order valence-corrected chi connectivity index (χ2v) is 4.20. The Balaban J connectivity index is 2.03. The van der Waals surface area contributed by atoms with E-state index < -0.39 is 0 Å². The Kier molecular flexibility index (Phi) is 3.06. The lowest BCUT2D eigenvalue weighted by Crippen LogP contribution is -2.33. The predicted octanol–water partition coefficient (Wildman–Crippen LogP) is 1.36. The largest absolute Gasteiger partial charge is 0.329 e. The van der Waals surface area contributed by atoms with Crippen LogP contribution in [0.15, 0.2) is 18.2 Å². The molecule has 1 unspecified atom stereocenters. The van der Waals surface area contributed by atoms with Crippen LogP contribution in [0, 0.1) is 0 Å². The summed E-state index contributed by atoms with van der Waals surface area (Å²) in [5.41, 5.74) is 8.25.